The molecule has 3 N–H and O–H groups in total. The third-order valence-electron chi connectivity index (χ3n) is 3.91. The Morgan fingerprint density at radius 2 is 1.87 bits per heavy atom. The Bertz CT molecular complexity index is 715. The predicted molar refractivity (Wildman–Crippen MR) is 85.7 cm³/mol. The van der Waals surface area contributed by atoms with Gasteiger partial charge in [0.1, 0.15) is 0 Å². The molecular formula is C18H18N2O3. The highest BCUT2D eigenvalue weighted by atomic mass is 16.5. The number of carbonyl (C=O) groups excluding carboxylic acids is 2. The van der Waals surface area contributed by atoms with Gasteiger partial charge < -0.3 is 15.8 Å². The summed E-state index contributed by atoms with van der Waals surface area (Å²) < 4.78 is 5.22. The summed E-state index contributed by atoms with van der Waals surface area (Å²) in [4.78, 5) is 24.2. The Morgan fingerprint density at radius 1 is 1.17 bits per heavy atom. The van der Waals surface area contributed by atoms with Gasteiger partial charge in [0.25, 0.3) is 5.91 Å². The number of hydrogen-bond donors (Lipinski definition) is 2. The third-order valence-corrected chi connectivity index (χ3v) is 3.91. The van der Waals surface area contributed by atoms with E-state index in [4.69, 9.17) is 10.5 Å². The number of nitrogens with two attached hydrogens (primary N) is 1. The lowest BCUT2D eigenvalue weighted by Gasteiger charge is -2.24. The van der Waals surface area contributed by atoms with E-state index in [0.717, 1.165) is 11.1 Å². The van der Waals surface area contributed by atoms with Crippen LogP contribution in [0.25, 0.3) is 0 Å². The van der Waals surface area contributed by atoms with Crippen molar-refractivity contribution in [1.82, 2.24) is 5.32 Å². The molecule has 0 radical (unpaired) electrons. The zero-order chi connectivity index (χ0) is 16.2. The molecule has 0 aromatic heterocycles. The molecule has 3 rings (SSSR count). The fraction of sp³-hybridized carbons (Fsp3) is 0.222. The van der Waals surface area contributed by atoms with E-state index < -0.39 is 12.1 Å². The molecule has 2 atom stereocenters. The molecule has 2 aromatic carbocycles. The molecule has 0 saturated carbocycles. The zero-order valence-electron chi connectivity index (χ0n) is 12.6. The highest BCUT2D eigenvalue weighted by Gasteiger charge is 2.31. The Labute approximate surface area is 134 Å². The molecule has 0 bridgehead atoms. The van der Waals surface area contributed by atoms with Crippen molar-refractivity contribution in [1.29, 1.82) is 0 Å². The van der Waals surface area contributed by atoms with Gasteiger partial charge in [-0.3, -0.25) is 4.79 Å². The molecule has 1 aliphatic heterocycles. The van der Waals surface area contributed by atoms with E-state index in [1.165, 1.54) is 0 Å². The Hall–Kier alpha value is -2.66. The number of amides is 1. The third kappa shape index (κ3) is 3.40. The quantitative estimate of drug-likeness (QED) is 0.840. The number of hydrogen-bond acceptors (Lipinski definition) is 4. The first-order chi connectivity index (χ1) is 11.1. The summed E-state index contributed by atoms with van der Waals surface area (Å²) >= 11 is 0. The highest BCUT2D eigenvalue weighted by Crippen LogP contribution is 2.20. The van der Waals surface area contributed by atoms with E-state index in [1.54, 1.807) is 12.1 Å². The summed E-state index contributed by atoms with van der Waals surface area (Å²) in [6.45, 7) is 0.290. The number of rotatable bonds is 4. The summed E-state index contributed by atoms with van der Waals surface area (Å²) in [6.07, 6.45) is -0.422. The van der Waals surface area contributed by atoms with Crippen LogP contribution in [0.1, 0.15) is 27.5 Å². The number of fused-ring (bicyclic) bond motifs is 1. The van der Waals surface area contributed by atoms with Crippen molar-refractivity contribution < 1.29 is 14.3 Å². The minimum Gasteiger partial charge on any atom is -0.448 e. The molecule has 0 spiro atoms. The van der Waals surface area contributed by atoms with E-state index >= 15 is 0 Å². The van der Waals surface area contributed by atoms with E-state index in [-0.39, 0.29) is 11.9 Å². The fourth-order valence-electron chi connectivity index (χ4n) is 2.62. The van der Waals surface area contributed by atoms with E-state index in [9.17, 15) is 9.59 Å². The number of carbonyl (C=O) groups is 2. The largest absolute Gasteiger partial charge is 0.448 e. The van der Waals surface area contributed by atoms with Gasteiger partial charge in [0.2, 0.25) is 0 Å². The van der Waals surface area contributed by atoms with Gasteiger partial charge in [0, 0.05) is 19.0 Å². The second-order valence-corrected chi connectivity index (χ2v) is 5.52. The average molecular weight is 310 g/mol. The van der Waals surface area contributed by atoms with Crippen molar-refractivity contribution in [2.24, 2.45) is 5.73 Å². The standard InChI is InChI=1S/C18H18N2O3/c19-15(12-6-2-1-3-7-12)11-20-17(21)16-10-13-8-4-5-9-14(13)18(22)23-16/h1-9,15-16H,10-11,19H2,(H,20,21). The molecule has 0 aliphatic carbocycles. The molecule has 0 saturated heterocycles. The lowest BCUT2D eigenvalue weighted by Crippen LogP contribution is -2.43. The average Bonchev–Trinajstić information content (AvgIpc) is 2.60. The molecule has 5 nitrogen and oxygen atoms in total. The summed E-state index contributed by atoms with van der Waals surface area (Å²) in [5, 5.41) is 2.76. The number of benzene rings is 2. The Kier molecular flexibility index (Phi) is 4.39. The zero-order valence-corrected chi connectivity index (χ0v) is 12.6. The molecule has 0 fully saturated rings. The lowest BCUT2D eigenvalue weighted by atomic mass is 9.98. The second-order valence-electron chi connectivity index (χ2n) is 5.52. The van der Waals surface area contributed by atoms with Crippen LogP contribution < -0.4 is 11.1 Å². The van der Waals surface area contributed by atoms with Crippen molar-refractivity contribution in [3.05, 3.63) is 71.3 Å². The van der Waals surface area contributed by atoms with Crippen LogP contribution in [0.4, 0.5) is 0 Å². The molecular weight excluding hydrogens is 292 g/mol. The molecule has 118 valence electrons. The number of nitrogens with one attached hydrogen (secondary N) is 1. The molecule has 23 heavy (non-hydrogen) atoms. The first-order valence-corrected chi connectivity index (χ1v) is 7.52. The summed E-state index contributed by atoms with van der Waals surface area (Å²) in [5.41, 5.74) is 8.35. The lowest BCUT2D eigenvalue weighted by molar-refractivity contribution is -0.130. The van der Waals surface area contributed by atoms with Crippen molar-refractivity contribution in [2.75, 3.05) is 6.54 Å². The van der Waals surface area contributed by atoms with Crippen molar-refractivity contribution in [3.63, 3.8) is 0 Å². The highest BCUT2D eigenvalue weighted by molar-refractivity contribution is 5.95. The monoisotopic (exact) mass is 310 g/mol. The molecule has 1 aliphatic rings. The van der Waals surface area contributed by atoms with Gasteiger partial charge in [-0.25, -0.2) is 4.79 Å². The summed E-state index contributed by atoms with van der Waals surface area (Å²) in [7, 11) is 0. The van der Waals surface area contributed by atoms with Crippen molar-refractivity contribution in [2.45, 2.75) is 18.6 Å². The summed E-state index contributed by atoms with van der Waals surface area (Å²) in [6, 6.07) is 16.4. The van der Waals surface area contributed by atoms with Crippen LogP contribution in [0.3, 0.4) is 0 Å². The molecule has 5 heteroatoms. The van der Waals surface area contributed by atoms with E-state index in [2.05, 4.69) is 5.32 Å². The van der Waals surface area contributed by atoms with Crippen molar-refractivity contribution >= 4 is 11.9 Å². The minimum absolute atomic E-state index is 0.290. The molecule has 2 aromatic rings. The van der Waals surface area contributed by atoms with Crippen LogP contribution in [0, 0.1) is 0 Å². The van der Waals surface area contributed by atoms with Gasteiger partial charge in [-0.2, -0.15) is 0 Å². The SMILES string of the molecule is NC(CNC(=O)C1Cc2ccccc2C(=O)O1)c1ccccc1. The topological polar surface area (TPSA) is 81.4 Å². The van der Waals surface area contributed by atoms with Crippen molar-refractivity contribution in [3.8, 4) is 0 Å². The fourth-order valence-corrected chi connectivity index (χ4v) is 2.62. The second kappa shape index (κ2) is 6.62. The van der Waals surface area contributed by atoms with Gasteiger partial charge >= 0.3 is 5.97 Å². The van der Waals surface area contributed by atoms with Gasteiger partial charge in [0.15, 0.2) is 6.10 Å². The number of esters is 1. The van der Waals surface area contributed by atoms with Gasteiger partial charge in [-0.1, -0.05) is 48.5 Å². The predicted octanol–water partition coefficient (Wildman–Crippen LogP) is 1.58. The van der Waals surface area contributed by atoms with Gasteiger partial charge in [-0.15, -0.1) is 0 Å². The minimum atomic E-state index is -0.805. The normalized spacial score (nSPS) is 17.8. The van der Waals surface area contributed by atoms with Crippen LogP contribution in [0.5, 0.6) is 0 Å². The van der Waals surface area contributed by atoms with E-state index in [1.807, 2.05) is 42.5 Å². The van der Waals surface area contributed by atoms with Crippen LogP contribution in [0.2, 0.25) is 0 Å². The molecule has 1 amide bonds. The number of cyclic esters (lactones) is 1. The van der Waals surface area contributed by atoms with Gasteiger partial charge in [0.05, 0.1) is 5.56 Å². The number of ether oxygens (including phenoxy) is 1. The molecule has 2 unspecified atom stereocenters. The first-order valence-electron chi connectivity index (χ1n) is 7.52. The smallest absolute Gasteiger partial charge is 0.339 e. The Morgan fingerprint density at radius 3 is 2.65 bits per heavy atom. The Balaban J connectivity index is 1.60. The first kappa shape index (κ1) is 15.2. The molecule has 1 heterocycles. The van der Waals surface area contributed by atoms with E-state index in [0.29, 0.717) is 18.5 Å². The van der Waals surface area contributed by atoms with Crippen LogP contribution in [0.15, 0.2) is 54.6 Å². The summed E-state index contributed by atoms with van der Waals surface area (Å²) in [5.74, 6) is -0.779. The van der Waals surface area contributed by atoms with Gasteiger partial charge in [-0.05, 0) is 17.2 Å². The maximum atomic E-state index is 12.2. The maximum Gasteiger partial charge on any atom is 0.339 e. The van der Waals surface area contributed by atoms with Crippen LogP contribution in [-0.4, -0.2) is 24.5 Å². The van der Waals surface area contributed by atoms with Crippen LogP contribution >= 0.6 is 0 Å². The maximum absolute atomic E-state index is 12.2. The van der Waals surface area contributed by atoms with Crippen LogP contribution in [-0.2, 0) is 16.0 Å².